The fourth-order valence-electron chi connectivity index (χ4n) is 2.79. The van der Waals surface area contributed by atoms with E-state index >= 15 is 0 Å². The van der Waals surface area contributed by atoms with E-state index in [-0.39, 0.29) is 0 Å². The van der Waals surface area contributed by atoms with Gasteiger partial charge in [-0.05, 0) is 31.5 Å². The van der Waals surface area contributed by atoms with Crippen molar-refractivity contribution in [3.8, 4) is 0 Å². The van der Waals surface area contributed by atoms with Crippen molar-refractivity contribution in [1.82, 2.24) is 14.7 Å². The zero-order valence-electron chi connectivity index (χ0n) is 13.5. The summed E-state index contributed by atoms with van der Waals surface area (Å²) in [4.78, 5) is 4.83. The highest BCUT2D eigenvalue weighted by Crippen LogP contribution is 2.24. The van der Waals surface area contributed by atoms with Gasteiger partial charge < -0.3 is 9.09 Å². The van der Waals surface area contributed by atoms with Gasteiger partial charge in [0, 0.05) is 29.4 Å². The first-order chi connectivity index (χ1) is 11.1. The Labute approximate surface area is 144 Å². The normalized spacial score (nSPS) is 11.3. The highest BCUT2D eigenvalue weighted by Gasteiger charge is 2.15. The Morgan fingerprint density at radius 2 is 2.22 bits per heavy atom. The van der Waals surface area contributed by atoms with Gasteiger partial charge in [-0.3, -0.25) is 0 Å². The first-order valence-corrected chi connectivity index (χ1v) is 8.59. The molecule has 0 N–H and O–H groups in total. The maximum Gasteiger partial charge on any atom is 0.127 e. The molecule has 0 aliphatic heterocycles. The Morgan fingerprint density at radius 1 is 1.39 bits per heavy atom. The lowest BCUT2D eigenvalue weighted by Crippen LogP contribution is -2.05. The fourth-order valence-corrected chi connectivity index (χ4v) is 3.14. The number of allylic oxidation sites excluding steroid dienone is 1. The molecule has 5 heteroatoms. The molecule has 1 aromatic carbocycles. The number of fused-ring (bicyclic) bond motifs is 1. The number of rotatable bonds is 6. The predicted molar refractivity (Wildman–Crippen MR) is 95.6 cm³/mol. The Hall–Kier alpha value is -1.88. The van der Waals surface area contributed by atoms with Crippen molar-refractivity contribution in [2.45, 2.75) is 39.7 Å². The van der Waals surface area contributed by atoms with E-state index in [9.17, 15) is 0 Å². The highest BCUT2D eigenvalue weighted by atomic mass is 79.9. The molecule has 0 saturated carbocycles. The Balaban J connectivity index is 2.00. The Kier molecular flexibility index (Phi) is 4.66. The van der Waals surface area contributed by atoms with E-state index in [0.717, 1.165) is 58.5 Å². The molecule has 0 radical (unpaired) electrons. The fraction of sp³-hybridized carbons (Fsp3) is 0.333. The van der Waals surface area contributed by atoms with Crippen molar-refractivity contribution in [3.05, 3.63) is 58.2 Å². The van der Waals surface area contributed by atoms with Gasteiger partial charge in [-0.2, -0.15) is 0 Å². The van der Waals surface area contributed by atoms with E-state index in [1.807, 2.05) is 6.92 Å². The first-order valence-electron chi connectivity index (χ1n) is 7.79. The van der Waals surface area contributed by atoms with Gasteiger partial charge in [0.25, 0.3) is 0 Å². The lowest BCUT2D eigenvalue weighted by molar-refractivity contribution is 0.412. The molecule has 23 heavy (non-hydrogen) atoms. The molecule has 0 unspecified atom stereocenters. The van der Waals surface area contributed by atoms with Crippen LogP contribution >= 0.6 is 15.9 Å². The van der Waals surface area contributed by atoms with Gasteiger partial charge in [0.2, 0.25) is 0 Å². The minimum atomic E-state index is 0.721. The summed E-state index contributed by atoms with van der Waals surface area (Å²) in [7, 11) is 0. The van der Waals surface area contributed by atoms with Crippen LogP contribution in [0.5, 0.6) is 0 Å². The van der Waals surface area contributed by atoms with Crippen LogP contribution in [0.25, 0.3) is 11.0 Å². The minimum Gasteiger partial charge on any atom is -0.364 e. The van der Waals surface area contributed by atoms with Gasteiger partial charge in [0.05, 0.1) is 16.7 Å². The average Bonchev–Trinajstić information content (AvgIpc) is 3.04. The average molecular weight is 374 g/mol. The highest BCUT2D eigenvalue weighted by molar-refractivity contribution is 9.10. The van der Waals surface area contributed by atoms with Crippen LogP contribution in [0, 0.1) is 0 Å². The van der Waals surface area contributed by atoms with Crippen molar-refractivity contribution in [3.63, 3.8) is 0 Å². The smallest absolute Gasteiger partial charge is 0.127 e. The molecule has 3 aromatic rings. The number of imidazole rings is 1. The lowest BCUT2D eigenvalue weighted by Gasteiger charge is -2.07. The molecule has 3 rings (SSSR count). The van der Waals surface area contributed by atoms with Crippen molar-refractivity contribution in [1.29, 1.82) is 0 Å². The van der Waals surface area contributed by atoms with Gasteiger partial charge >= 0.3 is 0 Å². The molecule has 4 nitrogen and oxygen atoms in total. The minimum absolute atomic E-state index is 0.721. The second-order valence-corrected chi connectivity index (χ2v) is 6.83. The topological polar surface area (TPSA) is 43.9 Å². The largest absolute Gasteiger partial charge is 0.364 e. The number of benzene rings is 1. The standard InChI is InChI=1S/C18H20BrN3O/c1-4-7-22-17-6-5-14(19)10-16(17)20-18(22)9-13-11-23-21-15(13)8-12(2)3/h5-6,10-11H,2,4,7-9H2,1,3H3. The molecule has 0 spiro atoms. The molecular weight excluding hydrogens is 354 g/mol. The number of nitrogens with zero attached hydrogens (tertiary/aromatic N) is 3. The molecule has 0 saturated heterocycles. The number of hydrogen-bond donors (Lipinski definition) is 0. The van der Waals surface area contributed by atoms with Crippen LogP contribution in [0.1, 0.15) is 37.4 Å². The quantitative estimate of drug-likeness (QED) is 0.576. The number of aromatic nitrogens is 3. The summed E-state index contributed by atoms with van der Waals surface area (Å²) in [6, 6.07) is 6.24. The van der Waals surface area contributed by atoms with E-state index < -0.39 is 0 Å². The zero-order chi connectivity index (χ0) is 16.4. The summed E-state index contributed by atoms with van der Waals surface area (Å²) in [6.45, 7) is 9.10. The van der Waals surface area contributed by atoms with E-state index in [4.69, 9.17) is 9.51 Å². The van der Waals surface area contributed by atoms with Crippen LogP contribution in [0.4, 0.5) is 0 Å². The van der Waals surface area contributed by atoms with Gasteiger partial charge in [0.1, 0.15) is 12.1 Å². The molecule has 2 heterocycles. The molecule has 120 valence electrons. The third kappa shape index (κ3) is 3.39. The Bertz CT molecular complexity index is 847. The number of halogens is 1. The van der Waals surface area contributed by atoms with Crippen LogP contribution < -0.4 is 0 Å². The van der Waals surface area contributed by atoms with Gasteiger partial charge in [-0.15, -0.1) is 0 Å². The third-order valence-corrected chi connectivity index (χ3v) is 4.28. The molecule has 0 bridgehead atoms. The molecule has 2 aromatic heterocycles. The molecule has 0 fully saturated rings. The van der Waals surface area contributed by atoms with E-state index in [1.54, 1.807) is 6.26 Å². The van der Waals surface area contributed by atoms with Crippen LogP contribution in [0.3, 0.4) is 0 Å². The molecular formula is C18H20BrN3O. The lowest BCUT2D eigenvalue weighted by atomic mass is 10.1. The van der Waals surface area contributed by atoms with Crippen molar-refractivity contribution >= 4 is 27.0 Å². The SMILES string of the molecule is C=C(C)Cc1nocc1Cc1nc2cc(Br)ccc2n1CCC. The van der Waals surface area contributed by atoms with Gasteiger partial charge in [0.15, 0.2) is 0 Å². The zero-order valence-corrected chi connectivity index (χ0v) is 15.1. The maximum absolute atomic E-state index is 5.18. The number of aryl methyl sites for hydroxylation is 1. The van der Waals surface area contributed by atoms with E-state index in [1.165, 1.54) is 5.52 Å². The summed E-state index contributed by atoms with van der Waals surface area (Å²) < 4.78 is 8.51. The van der Waals surface area contributed by atoms with Crippen LogP contribution in [-0.4, -0.2) is 14.7 Å². The molecule has 0 aliphatic rings. The molecule has 0 aliphatic carbocycles. The van der Waals surface area contributed by atoms with Crippen LogP contribution in [0.15, 0.2) is 45.6 Å². The van der Waals surface area contributed by atoms with E-state index in [2.05, 4.69) is 57.4 Å². The van der Waals surface area contributed by atoms with Gasteiger partial charge in [-0.25, -0.2) is 4.98 Å². The van der Waals surface area contributed by atoms with Crippen LogP contribution in [-0.2, 0) is 19.4 Å². The summed E-state index contributed by atoms with van der Waals surface area (Å²) in [5, 5.41) is 4.12. The van der Waals surface area contributed by atoms with Crippen LogP contribution in [0.2, 0.25) is 0 Å². The Morgan fingerprint density at radius 3 is 2.96 bits per heavy atom. The van der Waals surface area contributed by atoms with Crippen molar-refractivity contribution in [2.24, 2.45) is 0 Å². The summed E-state index contributed by atoms with van der Waals surface area (Å²) >= 11 is 3.52. The van der Waals surface area contributed by atoms with Crippen molar-refractivity contribution < 1.29 is 4.52 Å². The first kappa shape index (κ1) is 16.0. The monoisotopic (exact) mass is 373 g/mol. The molecule has 0 atom stereocenters. The summed E-state index contributed by atoms with van der Waals surface area (Å²) in [5.41, 5.74) is 5.29. The number of hydrogen-bond acceptors (Lipinski definition) is 3. The predicted octanol–water partition coefficient (Wildman–Crippen LogP) is 4.91. The molecule has 0 amide bonds. The van der Waals surface area contributed by atoms with Crippen molar-refractivity contribution in [2.75, 3.05) is 0 Å². The maximum atomic E-state index is 5.18. The van der Waals surface area contributed by atoms with Gasteiger partial charge in [-0.1, -0.05) is 40.2 Å². The second kappa shape index (κ2) is 6.71. The summed E-state index contributed by atoms with van der Waals surface area (Å²) in [5.74, 6) is 1.05. The van der Waals surface area contributed by atoms with E-state index in [0.29, 0.717) is 0 Å². The third-order valence-electron chi connectivity index (χ3n) is 3.78. The summed E-state index contributed by atoms with van der Waals surface area (Å²) in [6.07, 6.45) is 4.25. The second-order valence-electron chi connectivity index (χ2n) is 5.91.